The van der Waals surface area contributed by atoms with Crippen molar-refractivity contribution in [1.82, 2.24) is 23.9 Å². The Morgan fingerprint density at radius 1 is 1.16 bits per heavy atom. The van der Waals surface area contributed by atoms with Crippen LogP contribution in [0.15, 0.2) is 53.9 Å². The second-order valence-corrected chi connectivity index (χ2v) is 9.27. The van der Waals surface area contributed by atoms with Crippen molar-refractivity contribution in [3.05, 3.63) is 82.6 Å². The van der Waals surface area contributed by atoms with Crippen LogP contribution in [0.3, 0.4) is 0 Å². The first-order valence-electron chi connectivity index (χ1n) is 10.6. The Morgan fingerprint density at radius 3 is 2.71 bits per heavy atom. The van der Waals surface area contributed by atoms with Crippen molar-refractivity contribution in [2.75, 3.05) is 0 Å². The molecule has 2 N–H and O–H groups in total. The molecular formula is C24H26N6S. The lowest BCUT2D eigenvalue weighted by Crippen LogP contribution is -2.07. The molecule has 1 aromatic carbocycles. The van der Waals surface area contributed by atoms with Gasteiger partial charge in [-0.25, -0.2) is 4.98 Å². The van der Waals surface area contributed by atoms with Gasteiger partial charge in [0.1, 0.15) is 5.65 Å². The second-order valence-electron chi connectivity index (χ2n) is 8.31. The molecule has 0 spiro atoms. The predicted molar refractivity (Wildman–Crippen MR) is 125 cm³/mol. The minimum atomic E-state index is 0.657. The van der Waals surface area contributed by atoms with Crippen LogP contribution in [0.1, 0.15) is 52.3 Å². The molecule has 3 heterocycles. The van der Waals surface area contributed by atoms with E-state index in [1.54, 1.807) is 11.9 Å². The van der Waals surface area contributed by atoms with Gasteiger partial charge in [0, 0.05) is 31.3 Å². The van der Waals surface area contributed by atoms with Crippen LogP contribution in [0.4, 0.5) is 0 Å². The molecule has 31 heavy (non-hydrogen) atoms. The molecule has 0 amide bonds. The number of nitrogens with one attached hydrogen (secondary N) is 2. The molecule has 0 aliphatic heterocycles. The average molecular weight is 431 g/mol. The standard InChI is InChI=1S/C24H26N6S/c1-16-7-18(9-25)8-17(2)23(16)11-27-31-22-10-26-30(15-22)14-21-13-29-12-20(19-3-4-19)5-6-24(29)28-21/h5-10,12-13,15,19,25,27H,3-4,11,14H2,1-2H3. The molecule has 1 aliphatic rings. The smallest absolute Gasteiger partial charge is 0.137 e. The van der Waals surface area contributed by atoms with E-state index < -0.39 is 0 Å². The Labute approximate surface area is 186 Å². The summed E-state index contributed by atoms with van der Waals surface area (Å²) in [5.74, 6) is 0.745. The molecule has 5 rings (SSSR count). The number of pyridine rings is 1. The summed E-state index contributed by atoms with van der Waals surface area (Å²) < 4.78 is 7.52. The van der Waals surface area contributed by atoms with E-state index in [4.69, 9.17) is 10.4 Å². The molecule has 0 unspecified atom stereocenters. The number of hydrogen-bond donors (Lipinski definition) is 2. The summed E-state index contributed by atoms with van der Waals surface area (Å²) in [5.41, 5.74) is 8.06. The number of aromatic nitrogens is 4. The Bertz CT molecular complexity index is 1230. The molecule has 158 valence electrons. The highest BCUT2D eigenvalue weighted by atomic mass is 32.2. The Morgan fingerprint density at radius 2 is 1.97 bits per heavy atom. The van der Waals surface area contributed by atoms with Crippen molar-refractivity contribution < 1.29 is 0 Å². The van der Waals surface area contributed by atoms with Crippen LogP contribution in [-0.2, 0) is 13.1 Å². The van der Waals surface area contributed by atoms with Gasteiger partial charge in [-0.2, -0.15) is 5.10 Å². The monoisotopic (exact) mass is 430 g/mol. The van der Waals surface area contributed by atoms with E-state index in [9.17, 15) is 0 Å². The van der Waals surface area contributed by atoms with Gasteiger partial charge in [0.2, 0.25) is 0 Å². The first-order valence-corrected chi connectivity index (χ1v) is 11.4. The maximum atomic E-state index is 7.44. The summed E-state index contributed by atoms with van der Waals surface area (Å²) in [4.78, 5) is 5.81. The molecule has 3 aromatic heterocycles. The van der Waals surface area contributed by atoms with Gasteiger partial charge in [-0.1, -0.05) is 18.2 Å². The molecule has 4 aromatic rings. The minimum absolute atomic E-state index is 0.657. The highest BCUT2D eigenvalue weighted by Crippen LogP contribution is 2.39. The van der Waals surface area contributed by atoms with Crippen LogP contribution in [0, 0.1) is 19.3 Å². The van der Waals surface area contributed by atoms with Crippen molar-refractivity contribution in [2.45, 2.75) is 50.6 Å². The van der Waals surface area contributed by atoms with Gasteiger partial charge in [-0.3, -0.25) is 9.40 Å². The summed E-state index contributed by atoms with van der Waals surface area (Å²) in [5, 5.41) is 11.9. The molecule has 0 atom stereocenters. The largest absolute Gasteiger partial charge is 0.308 e. The van der Waals surface area contributed by atoms with Crippen LogP contribution < -0.4 is 4.72 Å². The fourth-order valence-electron chi connectivity index (χ4n) is 4.03. The van der Waals surface area contributed by atoms with Crippen molar-refractivity contribution in [1.29, 1.82) is 5.41 Å². The van der Waals surface area contributed by atoms with E-state index in [1.165, 1.54) is 41.3 Å². The van der Waals surface area contributed by atoms with Gasteiger partial charge in [0.05, 0.1) is 23.3 Å². The lowest BCUT2D eigenvalue weighted by atomic mass is 10.00. The minimum Gasteiger partial charge on any atom is -0.308 e. The third-order valence-corrected chi connectivity index (χ3v) is 6.57. The zero-order valence-electron chi connectivity index (χ0n) is 17.8. The van der Waals surface area contributed by atoms with Crippen LogP contribution in [-0.4, -0.2) is 25.4 Å². The number of fused-ring (bicyclic) bond motifs is 1. The topological polar surface area (TPSA) is 71.0 Å². The third-order valence-electron chi connectivity index (χ3n) is 5.83. The fraction of sp³-hybridized carbons (Fsp3) is 0.292. The number of aryl methyl sites for hydroxylation is 2. The number of imidazole rings is 1. The summed E-state index contributed by atoms with van der Waals surface area (Å²) in [6, 6.07) is 8.44. The molecule has 1 fully saturated rings. The Hall–Kier alpha value is -2.90. The molecule has 0 saturated heterocycles. The second kappa shape index (κ2) is 8.32. The van der Waals surface area contributed by atoms with E-state index in [-0.39, 0.29) is 0 Å². The van der Waals surface area contributed by atoms with E-state index in [0.29, 0.717) is 6.54 Å². The normalized spacial score (nSPS) is 13.7. The van der Waals surface area contributed by atoms with E-state index in [1.807, 2.05) is 10.9 Å². The van der Waals surface area contributed by atoms with Crippen LogP contribution in [0.5, 0.6) is 0 Å². The van der Waals surface area contributed by atoms with Crippen LogP contribution in [0.25, 0.3) is 5.65 Å². The maximum absolute atomic E-state index is 7.44. The highest BCUT2D eigenvalue weighted by Gasteiger charge is 2.23. The number of nitrogens with zero attached hydrogens (tertiary/aromatic N) is 4. The molecule has 1 aliphatic carbocycles. The lowest BCUT2D eigenvalue weighted by molar-refractivity contribution is 0.675. The molecular weight excluding hydrogens is 404 g/mol. The summed E-state index contributed by atoms with van der Waals surface area (Å²) in [6.07, 6.45) is 12.3. The molecule has 1 saturated carbocycles. The molecule has 0 radical (unpaired) electrons. The van der Waals surface area contributed by atoms with E-state index >= 15 is 0 Å². The fourth-order valence-corrected chi connectivity index (χ4v) is 4.68. The molecule has 7 heteroatoms. The predicted octanol–water partition coefficient (Wildman–Crippen LogP) is 4.87. The lowest BCUT2D eigenvalue weighted by Gasteiger charge is -2.11. The van der Waals surface area contributed by atoms with Gasteiger partial charge in [0.15, 0.2) is 0 Å². The van der Waals surface area contributed by atoms with E-state index in [2.05, 4.69) is 70.9 Å². The van der Waals surface area contributed by atoms with Gasteiger partial charge in [0.25, 0.3) is 0 Å². The van der Waals surface area contributed by atoms with Crippen molar-refractivity contribution >= 4 is 23.8 Å². The summed E-state index contributed by atoms with van der Waals surface area (Å²) >= 11 is 1.59. The number of rotatable bonds is 8. The Balaban J connectivity index is 1.20. The van der Waals surface area contributed by atoms with Crippen molar-refractivity contribution in [2.24, 2.45) is 0 Å². The molecule has 6 nitrogen and oxygen atoms in total. The number of hydrogen-bond acceptors (Lipinski definition) is 5. The van der Waals surface area contributed by atoms with Crippen LogP contribution in [0.2, 0.25) is 0 Å². The van der Waals surface area contributed by atoms with E-state index in [0.717, 1.165) is 34.3 Å². The average Bonchev–Trinajstić information content (AvgIpc) is 3.39. The Kier molecular flexibility index (Phi) is 5.38. The zero-order valence-corrected chi connectivity index (χ0v) is 18.6. The van der Waals surface area contributed by atoms with Crippen molar-refractivity contribution in [3.8, 4) is 0 Å². The highest BCUT2D eigenvalue weighted by molar-refractivity contribution is 7.97. The van der Waals surface area contributed by atoms with Gasteiger partial charge in [-0.15, -0.1) is 0 Å². The maximum Gasteiger partial charge on any atom is 0.137 e. The SMILES string of the molecule is Cc1cc(C=N)cc(C)c1CNSc1cnn(Cc2cn3cc(C4CC4)ccc3n2)c1. The van der Waals surface area contributed by atoms with Gasteiger partial charge < -0.3 is 9.81 Å². The van der Waals surface area contributed by atoms with Gasteiger partial charge >= 0.3 is 0 Å². The first-order chi connectivity index (χ1) is 15.1. The quantitative estimate of drug-likeness (QED) is 0.309. The summed E-state index contributed by atoms with van der Waals surface area (Å²) in [7, 11) is 0. The first kappa shape index (κ1) is 20.0. The van der Waals surface area contributed by atoms with Crippen LogP contribution >= 0.6 is 11.9 Å². The summed E-state index contributed by atoms with van der Waals surface area (Å²) in [6.45, 7) is 5.62. The molecule has 0 bridgehead atoms. The zero-order chi connectivity index (χ0) is 21.4. The van der Waals surface area contributed by atoms with Crippen molar-refractivity contribution in [3.63, 3.8) is 0 Å². The third kappa shape index (κ3) is 4.43. The number of benzene rings is 1. The van der Waals surface area contributed by atoms with Gasteiger partial charge in [-0.05, 0) is 78.4 Å².